The van der Waals surface area contributed by atoms with Gasteiger partial charge in [-0.3, -0.25) is 5.01 Å². The average Bonchev–Trinajstić information content (AvgIpc) is 3.33. The van der Waals surface area contributed by atoms with E-state index in [-0.39, 0.29) is 5.97 Å². The minimum absolute atomic E-state index is 0.311. The maximum atomic E-state index is 12.4. The zero-order valence-electron chi connectivity index (χ0n) is 22.2. The third-order valence-electron chi connectivity index (χ3n) is 5.71. The number of hydrogen-bond acceptors (Lipinski definition) is 6. The third-order valence-corrected chi connectivity index (χ3v) is 5.71. The number of hydrazone groups is 1. The summed E-state index contributed by atoms with van der Waals surface area (Å²) >= 11 is 0. The van der Waals surface area contributed by atoms with Crippen molar-refractivity contribution < 1.29 is 13.9 Å². The van der Waals surface area contributed by atoms with E-state index in [2.05, 4.69) is 36.3 Å². The van der Waals surface area contributed by atoms with Crippen LogP contribution in [0.25, 0.3) is 11.5 Å². The van der Waals surface area contributed by atoms with Gasteiger partial charge in [-0.1, -0.05) is 63.2 Å². The van der Waals surface area contributed by atoms with Gasteiger partial charge in [-0.2, -0.15) is 5.10 Å². The molecule has 0 radical (unpaired) electrons. The summed E-state index contributed by atoms with van der Waals surface area (Å²) in [6.07, 6.45) is 5.29. The fourth-order valence-corrected chi connectivity index (χ4v) is 3.88. The molecule has 2 N–H and O–H groups in total. The number of aryl methyl sites for hydroxylation is 3. The molecule has 3 aromatic rings. The van der Waals surface area contributed by atoms with Crippen molar-refractivity contribution in [1.82, 2.24) is 9.99 Å². The number of hydrogen-bond donors (Lipinski definition) is 1. The van der Waals surface area contributed by atoms with Crippen molar-refractivity contribution in [3.05, 3.63) is 77.2 Å². The van der Waals surface area contributed by atoms with Crippen molar-refractivity contribution >= 4 is 12.3 Å². The number of rotatable bonds is 12. The lowest BCUT2D eigenvalue weighted by molar-refractivity contribution is -0.149. The summed E-state index contributed by atoms with van der Waals surface area (Å²) in [4.78, 5) is 17.1. The molecular weight excluding hydrogens is 452 g/mol. The van der Waals surface area contributed by atoms with E-state index in [0.29, 0.717) is 18.9 Å². The van der Waals surface area contributed by atoms with Crippen LogP contribution in [-0.4, -0.2) is 42.0 Å². The monoisotopic (exact) mass is 492 g/mol. The van der Waals surface area contributed by atoms with Gasteiger partial charge in [0.15, 0.2) is 0 Å². The Labute approximate surface area is 215 Å². The van der Waals surface area contributed by atoms with Crippen LogP contribution in [0.1, 0.15) is 56.7 Å². The lowest BCUT2D eigenvalue weighted by Gasteiger charge is -2.23. The van der Waals surface area contributed by atoms with E-state index < -0.39 is 6.04 Å². The van der Waals surface area contributed by atoms with E-state index in [9.17, 15) is 4.79 Å². The molecule has 0 aliphatic carbocycles. The van der Waals surface area contributed by atoms with Crippen molar-refractivity contribution in [2.75, 3.05) is 13.7 Å². The number of nitrogens with two attached hydrogens (primary N) is 1. The fourth-order valence-electron chi connectivity index (χ4n) is 3.88. The Balaban J connectivity index is 0.00000222. The number of likely N-dealkylation sites (N-methyl/N-ethyl adjacent to an activating group) is 1. The van der Waals surface area contributed by atoms with Crippen LogP contribution in [0.15, 0.2) is 64.1 Å². The standard InChI is InChI=1S/C27H34N4O3.C2H6/c1-4-25-23(30-26(34-25)22-11-7-6-8-12-22)13-9-10-20-14-16-21(17-15-20)18-24(27(32)33-5-2)31(3)29-19-28;1-2/h6-8,11-12,14-17,19,24H,4-5,9-10,13,18H2,1-3H3,(H2,28,29);1-2H3. The van der Waals surface area contributed by atoms with Crippen LogP contribution >= 0.6 is 0 Å². The van der Waals surface area contributed by atoms with E-state index in [0.717, 1.165) is 48.3 Å². The van der Waals surface area contributed by atoms with Crippen LogP contribution in [0.4, 0.5) is 0 Å². The van der Waals surface area contributed by atoms with Crippen molar-refractivity contribution in [2.45, 2.75) is 65.8 Å². The largest absolute Gasteiger partial charge is 0.464 e. The highest BCUT2D eigenvalue weighted by atomic mass is 16.5. The molecule has 1 aromatic heterocycles. The van der Waals surface area contributed by atoms with Gasteiger partial charge in [-0.15, -0.1) is 0 Å². The molecule has 0 saturated heterocycles. The SMILES string of the molecule is CC.CCOC(=O)C(Cc1ccc(CCCc2nc(-c3ccccc3)oc2CC)cc1)N(C)/N=C\N. The van der Waals surface area contributed by atoms with Gasteiger partial charge < -0.3 is 14.9 Å². The number of esters is 1. The van der Waals surface area contributed by atoms with Crippen LogP contribution in [0.5, 0.6) is 0 Å². The molecule has 0 fully saturated rings. The van der Waals surface area contributed by atoms with Crippen molar-refractivity contribution in [3.63, 3.8) is 0 Å². The molecule has 0 aliphatic rings. The lowest BCUT2D eigenvalue weighted by atomic mass is 10.0. The smallest absolute Gasteiger partial charge is 0.330 e. The summed E-state index contributed by atoms with van der Waals surface area (Å²) in [6, 6.07) is 17.8. The predicted octanol–water partition coefficient (Wildman–Crippen LogP) is 5.41. The highest BCUT2D eigenvalue weighted by Gasteiger charge is 2.24. The maximum Gasteiger partial charge on any atom is 0.330 e. The second kappa shape index (κ2) is 15.4. The Bertz CT molecular complexity index is 1060. The number of ether oxygens (including phenoxy) is 1. The number of carbonyl (C=O) groups excluding carboxylic acids is 1. The highest BCUT2D eigenvalue weighted by Crippen LogP contribution is 2.23. The molecule has 194 valence electrons. The van der Waals surface area contributed by atoms with Gasteiger partial charge in [0.05, 0.1) is 12.3 Å². The Morgan fingerprint density at radius 3 is 2.36 bits per heavy atom. The van der Waals surface area contributed by atoms with Gasteiger partial charge in [-0.05, 0) is 49.4 Å². The molecule has 0 saturated carbocycles. The van der Waals surface area contributed by atoms with E-state index in [4.69, 9.17) is 19.9 Å². The fraction of sp³-hybridized carbons (Fsp3) is 0.414. The van der Waals surface area contributed by atoms with Crippen molar-refractivity contribution in [2.24, 2.45) is 10.8 Å². The summed E-state index contributed by atoms with van der Waals surface area (Å²) in [6.45, 7) is 8.21. The topological polar surface area (TPSA) is 94.0 Å². The molecule has 36 heavy (non-hydrogen) atoms. The summed E-state index contributed by atoms with van der Waals surface area (Å²) in [5.74, 6) is 1.34. The molecule has 2 aromatic carbocycles. The minimum Gasteiger partial charge on any atom is -0.464 e. The third kappa shape index (κ3) is 8.26. The van der Waals surface area contributed by atoms with E-state index in [1.165, 1.54) is 11.9 Å². The molecule has 1 heterocycles. The lowest BCUT2D eigenvalue weighted by Crippen LogP contribution is -2.38. The van der Waals surface area contributed by atoms with E-state index in [1.54, 1.807) is 19.0 Å². The molecule has 7 nitrogen and oxygen atoms in total. The normalized spacial score (nSPS) is 11.6. The highest BCUT2D eigenvalue weighted by molar-refractivity contribution is 5.76. The maximum absolute atomic E-state index is 12.4. The predicted molar refractivity (Wildman–Crippen MR) is 146 cm³/mol. The van der Waals surface area contributed by atoms with Crippen LogP contribution in [0.3, 0.4) is 0 Å². The number of carbonyl (C=O) groups is 1. The molecule has 0 bridgehead atoms. The Kier molecular flexibility index (Phi) is 12.2. The van der Waals surface area contributed by atoms with Gasteiger partial charge >= 0.3 is 5.97 Å². The first-order valence-corrected chi connectivity index (χ1v) is 12.8. The van der Waals surface area contributed by atoms with Crippen molar-refractivity contribution in [3.8, 4) is 11.5 Å². The molecule has 0 amide bonds. The first-order valence-electron chi connectivity index (χ1n) is 12.8. The quantitative estimate of drug-likeness (QED) is 0.157. The molecular formula is C29H40N4O3. The van der Waals surface area contributed by atoms with Gasteiger partial charge in [0.1, 0.15) is 18.1 Å². The van der Waals surface area contributed by atoms with E-state index >= 15 is 0 Å². The second-order valence-corrected chi connectivity index (χ2v) is 8.09. The summed E-state index contributed by atoms with van der Waals surface area (Å²) < 4.78 is 11.2. The number of benzene rings is 2. The van der Waals surface area contributed by atoms with Gasteiger partial charge in [0.25, 0.3) is 0 Å². The molecule has 7 heteroatoms. The minimum atomic E-state index is -0.524. The van der Waals surface area contributed by atoms with Gasteiger partial charge in [0.2, 0.25) is 5.89 Å². The zero-order valence-corrected chi connectivity index (χ0v) is 22.2. The van der Waals surface area contributed by atoms with Gasteiger partial charge in [-0.25, -0.2) is 9.78 Å². The van der Waals surface area contributed by atoms with Crippen LogP contribution < -0.4 is 5.73 Å². The summed E-state index contributed by atoms with van der Waals surface area (Å²) in [5, 5.41) is 5.56. The van der Waals surface area contributed by atoms with E-state index in [1.807, 2.05) is 44.2 Å². The molecule has 0 spiro atoms. The Morgan fingerprint density at radius 1 is 1.08 bits per heavy atom. The number of aromatic nitrogens is 1. The molecule has 1 unspecified atom stereocenters. The average molecular weight is 493 g/mol. The first-order chi connectivity index (χ1) is 17.5. The van der Waals surface area contributed by atoms with Crippen LogP contribution in [0, 0.1) is 0 Å². The van der Waals surface area contributed by atoms with Crippen LogP contribution in [-0.2, 0) is 35.2 Å². The zero-order chi connectivity index (χ0) is 26.3. The summed E-state index contributed by atoms with van der Waals surface area (Å²) in [7, 11) is 1.72. The molecule has 3 rings (SSSR count). The number of nitrogens with zero attached hydrogens (tertiary/aromatic N) is 3. The first kappa shape index (κ1) is 28.6. The van der Waals surface area contributed by atoms with Crippen LogP contribution in [0.2, 0.25) is 0 Å². The summed E-state index contributed by atoms with van der Waals surface area (Å²) in [5.41, 5.74) is 9.72. The Hall–Kier alpha value is -3.61. The number of oxazole rings is 1. The molecule has 0 aliphatic heterocycles. The Morgan fingerprint density at radius 2 is 1.75 bits per heavy atom. The molecule has 1 atom stereocenters. The second-order valence-electron chi connectivity index (χ2n) is 8.09. The van der Waals surface area contributed by atoms with Crippen molar-refractivity contribution in [1.29, 1.82) is 0 Å². The van der Waals surface area contributed by atoms with Gasteiger partial charge in [0, 0.05) is 25.5 Å².